The third-order valence-electron chi connectivity index (χ3n) is 3.67. The van der Waals surface area contributed by atoms with Crippen LogP contribution in [0.25, 0.3) is 0 Å². The van der Waals surface area contributed by atoms with Crippen molar-refractivity contribution in [2.24, 2.45) is 10.7 Å². The molecule has 0 aliphatic rings. The van der Waals surface area contributed by atoms with E-state index < -0.39 is 5.97 Å². The fraction of sp³-hybridized carbons (Fsp3) is 0.222. The molecule has 0 aliphatic carbocycles. The average Bonchev–Trinajstić information content (AvgIpc) is 2.67. The molecule has 142 valence electrons. The number of rotatable bonds is 8. The van der Waals surface area contributed by atoms with E-state index in [-0.39, 0.29) is 5.56 Å². The lowest BCUT2D eigenvalue weighted by Gasteiger charge is -2.11. The summed E-state index contributed by atoms with van der Waals surface area (Å²) in [5.41, 5.74) is 7.75. The van der Waals surface area contributed by atoms with Crippen LogP contribution in [0.15, 0.2) is 41.4 Å². The van der Waals surface area contributed by atoms with Crippen LogP contribution >= 0.6 is 11.6 Å². The normalized spacial score (nSPS) is 11.6. The van der Waals surface area contributed by atoms with Crippen LogP contribution in [0.3, 0.4) is 0 Å². The fourth-order valence-electron chi connectivity index (χ4n) is 2.32. The highest BCUT2D eigenvalue weighted by molar-refractivity contribution is 6.33. The van der Waals surface area contributed by atoms with Crippen molar-refractivity contribution < 1.29 is 14.6 Å². The standard InChI is InChI=1S/C18H20ClN5O3/c1-21-10-14(7-20)24-18-22-8-11(9-23-18)3-4-12-5-13(17(25)26)6-15(27-2)16(12)19/h5-10H,3-4,20H2,1-2H3,(H,25,26)(H,22,23,24). The second-order valence-corrected chi connectivity index (χ2v) is 5.88. The molecule has 0 atom stereocenters. The number of halogens is 1. The molecule has 8 nitrogen and oxygen atoms in total. The van der Waals surface area contributed by atoms with E-state index in [1.165, 1.54) is 19.4 Å². The number of hydrogen-bond acceptors (Lipinski definition) is 7. The molecule has 1 aromatic carbocycles. The van der Waals surface area contributed by atoms with Crippen LogP contribution in [0.2, 0.25) is 5.02 Å². The molecule has 0 radical (unpaired) electrons. The third-order valence-corrected chi connectivity index (χ3v) is 4.10. The van der Waals surface area contributed by atoms with Gasteiger partial charge in [-0.1, -0.05) is 11.6 Å². The number of ether oxygens (including phenoxy) is 1. The molecular formula is C18H20ClN5O3. The summed E-state index contributed by atoms with van der Waals surface area (Å²) in [5.74, 6) is -0.312. The van der Waals surface area contributed by atoms with E-state index >= 15 is 0 Å². The molecule has 1 aromatic heterocycles. The van der Waals surface area contributed by atoms with Gasteiger partial charge in [-0.15, -0.1) is 0 Å². The number of aliphatic imine (C=N–C) groups is 1. The molecule has 0 fully saturated rings. The molecular weight excluding hydrogens is 370 g/mol. The van der Waals surface area contributed by atoms with Crippen molar-refractivity contribution in [3.8, 4) is 5.75 Å². The number of carbonyl (C=O) groups is 1. The number of carboxylic acids is 1. The smallest absolute Gasteiger partial charge is 0.335 e. The number of benzene rings is 1. The summed E-state index contributed by atoms with van der Waals surface area (Å²) in [5, 5.41) is 12.6. The number of nitrogens with two attached hydrogens (primary N) is 1. The molecule has 2 rings (SSSR count). The Balaban J connectivity index is 2.11. The summed E-state index contributed by atoms with van der Waals surface area (Å²) in [6.45, 7) is 0. The summed E-state index contributed by atoms with van der Waals surface area (Å²) in [4.78, 5) is 23.6. The minimum atomic E-state index is -1.04. The van der Waals surface area contributed by atoms with Gasteiger partial charge in [-0.05, 0) is 36.1 Å². The van der Waals surface area contributed by atoms with Crippen LogP contribution in [-0.4, -0.2) is 41.4 Å². The Morgan fingerprint density at radius 3 is 2.63 bits per heavy atom. The molecule has 9 heteroatoms. The molecule has 2 aromatic rings. The summed E-state index contributed by atoms with van der Waals surface area (Å²) >= 11 is 6.29. The SMILES string of the molecule is CN=CC(=CN)Nc1ncc(CCc2cc(C(=O)O)cc(OC)c2Cl)cn1. The number of nitrogens with zero attached hydrogens (tertiary/aromatic N) is 3. The quantitative estimate of drug-likeness (QED) is 0.593. The zero-order chi connectivity index (χ0) is 19.8. The van der Waals surface area contributed by atoms with E-state index in [9.17, 15) is 9.90 Å². The van der Waals surface area contributed by atoms with Crippen molar-refractivity contribution in [2.45, 2.75) is 12.8 Å². The average molecular weight is 390 g/mol. The predicted octanol–water partition coefficient (Wildman–Crippen LogP) is 2.53. The lowest BCUT2D eigenvalue weighted by molar-refractivity contribution is 0.0696. The minimum absolute atomic E-state index is 0.126. The molecule has 0 saturated carbocycles. The Bertz CT molecular complexity index is 866. The molecule has 0 amide bonds. The predicted molar refractivity (Wildman–Crippen MR) is 105 cm³/mol. The van der Waals surface area contributed by atoms with Gasteiger partial charge >= 0.3 is 5.97 Å². The number of anilines is 1. The van der Waals surface area contributed by atoms with Crippen molar-refractivity contribution in [2.75, 3.05) is 19.5 Å². The van der Waals surface area contributed by atoms with Crippen LogP contribution in [0, 0.1) is 0 Å². The zero-order valence-electron chi connectivity index (χ0n) is 14.9. The van der Waals surface area contributed by atoms with Crippen molar-refractivity contribution in [3.05, 3.63) is 58.1 Å². The Labute approximate surface area is 161 Å². The van der Waals surface area contributed by atoms with Gasteiger partial charge in [0, 0.05) is 31.9 Å². The van der Waals surface area contributed by atoms with Crippen LogP contribution in [0.1, 0.15) is 21.5 Å². The molecule has 0 spiro atoms. The van der Waals surface area contributed by atoms with Gasteiger partial charge in [0.05, 0.1) is 23.4 Å². The van der Waals surface area contributed by atoms with Gasteiger partial charge in [-0.2, -0.15) is 0 Å². The van der Waals surface area contributed by atoms with Gasteiger partial charge in [0.25, 0.3) is 0 Å². The summed E-state index contributed by atoms with van der Waals surface area (Å²) < 4.78 is 5.16. The maximum atomic E-state index is 11.3. The maximum Gasteiger partial charge on any atom is 0.335 e. The maximum absolute atomic E-state index is 11.3. The first-order valence-corrected chi connectivity index (χ1v) is 8.38. The number of carboxylic acid groups (broad SMARTS) is 1. The summed E-state index contributed by atoms with van der Waals surface area (Å²) in [6, 6.07) is 2.95. The Morgan fingerprint density at radius 1 is 1.37 bits per heavy atom. The number of methoxy groups -OCH3 is 1. The van der Waals surface area contributed by atoms with Gasteiger partial charge in [0.15, 0.2) is 0 Å². The highest BCUT2D eigenvalue weighted by atomic mass is 35.5. The van der Waals surface area contributed by atoms with Gasteiger partial charge < -0.3 is 20.9 Å². The van der Waals surface area contributed by atoms with Gasteiger partial charge in [0.1, 0.15) is 5.75 Å². The van der Waals surface area contributed by atoms with Gasteiger partial charge in [-0.3, -0.25) is 4.99 Å². The Kier molecular flexibility index (Phi) is 7.13. The third kappa shape index (κ3) is 5.42. The largest absolute Gasteiger partial charge is 0.495 e. The van der Waals surface area contributed by atoms with E-state index in [1.54, 1.807) is 31.7 Å². The van der Waals surface area contributed by atoms with Crippen molar-refractivity contribution in [1.29, 1.82) is 0 Å². The summed E-state index contributed by atoms with van der Waals surface area (Å²) in [7, 11) is 3.08. The highest BCUT2D eigenvalue weighted by Gasteiger charge is 2.14. The number of aryl methyl sites for hydroxylation is 2. The van der Waals surface area contributed by atoms with Crippen molar-refractivity contribution in [1.82, 2.24) is 9.97 Å². The molecule has 0 saturated heterocycles. The lowest BCUT2D eigenvalue weighted by Crippen LogP contribution is -2.07. The fourth-order valence-corrected chi connectivity index (χ4v) is 2.60. The number of nitrogens with one attached hydrogen (secondary N) is 1. The van der Waals surface area contributed by atoms with Gasteiger partial charge in [-0.25, -0.2) is 14.8 Å². The lowest BCUT2D eigenvalue weighted by atomic mass is 10.0. The second-order valence-electron chi connectivity index (χ2n) is 5.51. The van der Waals surface area contributed by atoms with Crippen LogP contribution < -0.4 is 15.8 Å². The Morgan fingerprint density at radius 2 is 2.07 bits per heavy atom. The summed E-state index contributed by atoms with van der Waals surface area (Å²) in [6.07, 6.45) is 7.39. The number of aromatic carboxylic acids is 1. The van der Waals surface area contributed by atoms with Crippen LogP contribution in [0.5, 0.6) is 5.75 Å². The molecule has 0 aliphatic heterocycles. The number of allylic oxidation sites excluding steroid dienone is 1. The van der Waals surface area contributed by atoms with E-state index in [0.29, 0.717) is 40.8 Å². The molecule has 0 unspecified atom stereocenters. The van der Waals surface area contributed by atoms with E-state index in [4.69, 9.17) is 22.1 Å². The first kappa shape index (κ1) is 20.2. The molecule has 0 bridgehead atoms. The number of hydrogen-bond donors (Lipinski definition) is 3. The molecule has 1 heterocycles. The van der Waals surface area contributed by atoms with Crippen LogP contribution in [0.4, 0.5) is 5.95 Å². The van der Waals surface area contributed by atoms with E-state index in [1.807, 2.05) is 0 Å². The van der Waals surface area contributed by atoms with Crippen molar-refractivity contribution >= 4 is 29.7 Å². The Hall–Kier alpha value is -3.13. The zero-order valence-corrected chi connectivity index (χ0v) is 15.7. The molecule has 4 N–H and O–H groups in total. The van der Waals surface area contributed by atoms with Crippen molar-refractivity contribution in [3.63, 3.8) is 0 Å². The van der Waals surface area contributed by atoms with E-state index in [2.05, 4.69) is 20.3 Å². The van der Waals surface area contributed by atoms with Gasteiger partial charge in [0.2, 0.25) is 5.95 Å². The highest BCUT2D eigenvalue weighted by Crippen LogP contribution is 2.30. The van der Waals surface area contributed by atoms with Crippen LogP contribution in [-0.2, 0) is 12.8 Å². The monoisotopic (exact) mass is 389 g/mol. The second kappa shape index (κ2) is 9.54. The first-order valence-electron chi connectivity index (χ1n) is 8.00. The molecule has 27 heavy (non-hydrogen) atoms. The number of aromatic nitrogens is 2. The van der Waals surface area contributed by atoms with E-state index in [0.717, 1.165) is 5.56 Å². The minimum Gasteiger partial charge on any atom is -0.495 e. The topological polar surface area (TPSA) is 123 Å². The first-order chi connectivity index (χ1) is 13.0.